The van der Waals surface area contributed by atoms with Crippen LogP contribution in [0.1, 0.15) is 41.8 Å². The van der Waals surface area contributed by atoms with E-state index in [2.05, 4.69) is 5.32 Å². The molecule has 0 radical (unpaired) electrons. The number of rotatable bonds is 8. The van der Waals surface area contributed by atoms with Crippen LogP contribution in [-0.4, -0.2) is 29.0 Å². The van der Waals surface area contributed by atoms with Gasteiger partial charge in [0.1, 0.15) is 5.75 Å². The number of hydrogen-bond acceptors (Lipinski definition) is 5. The highest BCUT2D eigenvalue weighted by Crippen LogP contribution is 2.29. The van der Waals surface area contributed by atoms with Crippen molar-refractivity contribution in [3.63, 3.8) is 0 Å². The van der Waals surface area contributed by atoms with Crippen molar-refractivity contribution in [2.45, 2.75) is 32.2 Å². The normalized spacial score (nSPS) is 12.7. The molecule has 8 nitrogen and oxygen atoms in total. The lowest BCUT2D eigenvalue weighted by Crippen LogP contribution is -2.45. The molecule has 0 fully saturated rings. The second kappa shape index (κ2) is 8.51. The minimum atomic E-state index is -1.24. The number of nitrogens with one attached hydrogen (secondary N) is 1. The number of aryl methyl sites for hydroxylation is 1. The smallest absolute Gasteiger partial charge is 0.306 e. The molecular weight excluding hydrogens is 364 g/mol. The maximum atomic E-state index is 12.8. The van der Waals surface area contributed by atoms with E-state index in [1.807, 2.05) is 0 Å². The van der Waals surface area contributed by atoms with Gasteiger partial charge in [-0.2, -0.15) is 0 Å². The van der Waals surface area contributed by atoms with E-state index in [0.717, 1.165) is 0 Å². The van der Waals surface area contributed by atoms with Gasteiger partial charge in [0.05, 0.1) is 24.0 Å². The highest BCUT2D eigenvalue weighted by molar-refractivity contribution is 5.96. The van der Waals surface area contributed by atoms with Gasteiger partial charge in [-0.3, -0.25) is 19.7 Å². The van der Waals surface area contributed by atoms with Crippen LogP contribution in [0.2, 0.25) is 0 Å². The molecule has 8 heteroatoms. The predicted octanol–water partition coefficient (Wildman–Crippen LogP) is 3.29. The molecule has 0 saturated heterocycles. The van der Waals surface area contributed by atoms with Crippen LogP contribution in [0.5, 0.6) is 5.75 Å². The molecule has 0 aliphatic carbocycles. The highest BCUT2D eigenvalue weighted by atomic mass is 16.6. The van der Waals surface area contributed by atoms with E-state index >= 15 is 0 Å². The van der Waals surface area contributed by atoms with Crippen molar-refractivity contribution in [2.24, 2.45) is 0 Å². The summed E-state index contributed by atoms with van der Waals surface area (Å²) in [5, 5.41) is 23.3. The average Bonchev–Trinajstić information content (AvgIpc) is 2.66. The van der Waals surface area contributed by atoms with E-state index in [0.29, 0.717) is 23.3 Å². The lowest BCUT2D eigenvalue weighted by Gasteiger charge is -2.30. The van der Waals surface area contributed by atoms with Crippen LogP contribution in [-0.2, 0) is 16.8 Å². The van der Waals surface area contributed by atoms with Gasteiger partial charge in [-0.05, 0) is 37.1 Å². The second-order valence-electron chi connectivity index (χ2n) is 6.54. The first-order valence-corrected chi connectivity index (χ1v) is 8.66. The fraction of sp³-hybridized carbons (Fsp3) is 0.300. The number of hydrogen-bond donors (Lipinski definition) is 2. The minimum Gasteiger partial charge on any atom is -0.497 e. The molecule has 0 aromatic heterocycles. The van der Waals surface area contributed by atoms with Crippen molar-refractivity contribution in [1.29, 1.82) is 0 Å². The summed E-state index contributed by atoms with van der Waals surface area (Å²) in [5.74, 6) is -1.18. The van der Waals surface area contributed by atoms with E-state index in [1.54, 1.807) is 38.1 Å². The number of carboxylic acids is 1. The molecule has 0 spiro atoms. The van der Waals surface area contributed by atoms with E-state index in [9.17, 15) is 24.8 Å². The largest absolute Gasteiger partial charge is 0.497 e. The Morgan fingerprint density at radius 1 is 1.25 bits per heavy atom. The third kappa shape index (κ3) is 4.64. The van der Waals surface area contributed by atoms with Crippen LogP contribution in [0.3, 0.4) is 0 Å². The third-order valence-electron chi connectivity index (χ3n) is 4.53. The van der Waals surface area contributed by atoms with Gasteiger partial charge in [0.25, 0.3) is 11.6 Å². The van der Waals surface area contributed by atoms with E-state index in [4.69, 9.17) is 4.74 Å². The Balaban J connectivity index is 2.41. The molecule has 0 heterocycles. The van der Waals surface area contributed by atoms with E-state index in [1.165, 1.54) is 25.3 Å². The minimum absolute atomic E-state index is 0.0865. The Morgan fingerprint density at radius 2 is 1.96 bits per heavy atom. The quantitative estimate of drug-likeness (QED) is 0.531. The fourth-order valence-corrected chi connectivity index (χ4v) is 2.98. The zero-order chi connectivity index (χ0) is 20.9. The van der Waals surface area contributed by atoms with Crippen molar-refractivity contribution >= 4 is 17.6 Å². The molecule has 28 heavy (non-hydrogen) atoms. The van der Waals surface area contributed by atoms with Gasteiger partial charge < -0.3 is 15.2 Å². The zero-order valence-corrected chi connectivity index (χ0v) is 15.9. The predicted molar refractivity (Wildman–Crippen MR) is 103 cm³/mol. The lowest BCUT2D eigenvalue weighted by molar-refractivity contribution is -0.385. The summed E-state index contributed by atoms with van der Waals surface area (Å²) in [5.41, 5.74) is -0.236. The molecule has 0 aliphatic rings. The highest BCUT2D eigenvalue weighted by Gasteiger charge is 2.32. The number of ether oxygens (including phenoxy) is 1. The van der Waals surface area contributed by atoms with E-state index < -0.39 is 22.3 Å². The molecule has 2 rings (SSSR count). The Labute approximate surface area is 162 Å². The first-order valence-electron chi connectivity index (χ1n) is 8.66. The standard InChI is InChI=1S/C20H22N2O6/c1-4-13-8-9-14(10-17(13)22(26)27)19(25)21-20(2,12-18(23)24)15-6-5-7-16(11-15)28-3/h5-11H,4,12H2,1-3H3,(H,21,25)(H,23,24). The first-order chi connectivity index (χ1) is 13.2. The number of amides is 1. The van der Waals surface area contributed by atoms with Crippen molar-refractivity contribution in [1.82, 2.24) is 5.32 Å². The maximum absolute atomic E-state index is 12.8. The number of carbonyl (C=O) groups excluding carboxylic acids is 1. The Hall–Kier alpha value is -3.42. The van der Waals surface area contributed by atoms with Gasteiger partial charge in [-0.1, -0.05) is 25.1 Å². The molecular formula is C20H22N2O6. The Bertz CT molecular complexity index is 911. The number of nitrogens with zero attached hydrogens (tertiary/aromatic N) is 1. The van der Waals surface area contributed by atoms with Gasteiger partial charge in [0, 0.05) is 17.2 Å². The number of benzene rings is 2. The first kappa shape index (κ1) is 20.9. The molecule has 148 valence electrons. The Morgan fingerprint density at radius 3 is 2.54 bits per heavy atom. The molecule has 2 aromatic rings. The van der Waals surface area contributed by atoms with Crippen LogP contribution in [0, 0.1) is 10.1 Å². The zero-order valence-electron chi connectivity index (χ0n) is 15.9. The van der Waals surface area contributed by atoms with E-state index in [-0.39, 0.29) is 17.7 Å². The number of methoxy groups -OCH3 is 1. The summed E-state index contributed by atoms with van der Waals surface area (Å²) in [7, 11) is 1.49. The number of aliphatic carboxylic acids is 1. The monoisotopic (exact) mass is 386 g/mol. The van der Waals surface area contributed by atoms with Gasteiger partial charge in [0.2, 0.25) is 0 Å². The maximum Gasteiger partial charge on any atom is 0.306 e. The third-order valence-corrected chi connectivity index (χ3v) is 4.53. The molecule has 1 amide bonds. The Kier molecular flexibility index (Phi) is 6.35. The molecule has 2 aromatic carbocycles. The molecule has 0 saturated carbocycles. The number of nitro groups is 1. The summed E-state index contributed by atoms with van der Waals surface area (Å²) >= 11 is 0. The van der Waals surface area contributed by atoms with Gasteiger partial charge >= 0.3 is 5.97 Å². The summed E-state index contributed by atoms with van der Waals surface area (Å²) < 4.78 is 5.18. The van der Waals surface area contributed by atoms with Gasteiger partial charge in [-0.15, -0.1) is 0 Å². The van der Waals surface area contributed by atoms with Crippen molar-refractivity contribution in [2.75, 3.05) is 7.11 Å². The van der Waals surface area contributed by atoms with Gasteiger partial charge in [0.15, 0.2) is 0 Å². The summed E-state index contributed by atoms with van der Waals surface area (Å²) in [6.45, 7) is 3.37. The van der Waals surface area contributed by atoms with Crippen molar-refractivity contribution < 1.29 is 24.4 Å². The van der Waals surface area contributed by atoms with Crippen LogP contribution >= 0.6 is 0 Å². The number of carboxylic acid groups (broad SMARTS) is 1. The van der Waals surface area contributed by atoms with Crippen LogP contribution < -0.4 is 10.1 Å². The van der Waals surface area contributed by atoms with Crippen molar-refractivity contribution in [3.8, 4) is 5.75 Å². The second-order valence-corrected chi connectivity index (χ2v) is 6.54. The summed E-state index contributed by atoms with van der Waals surface area (Å²) in [6, 6.07) is 11.0. The summed E-state index contributed by atoms with van der Waals surface area (Å²) in [6.07, 6.45) is 0.0831. The molecule has 1 atom stereocenters. The average molecular weight is 386 g/mol. The molecule has 0 bridgehead atoms. The lowest BCUT2D eigenvalue weighted by atomic mass is 9.88. The molecule has 0 aliphatic heterocycles. The number of nitro benzene ring substituents is 1. The van der Waals surface area contributed by atoms with Gasteiger partial charge in [-0.25, -0.2) is 0 Å². The molecule has 1 unspecified atom stereocenters. The fourth-order valence-electron chi connectivity index (χ4n) is 2.98. The van der Waals surface area contributed by atoms with Crippen molar-refractivity contribution in [3.05, 3.63) is 69.3 Å². The number of carbonyl (C=O) groups is 2. The van der Waals surface area contributed by atoms with Crippen LogP contribution in [0.25, 0.3) is 0 Å². The SMILES string of the molecule is CCc1ccc(C(=O)NC(C)(CC(=O)O)c2cccc(OC)c2)cc1[N+](=O)[O-]. The molecule has 2 N–H and O–H groups in total. The van der Waals surface area contributed by atoms with Crippen LogP contribution in [0.15, 0.2) is 42.5 Å². The van der Waals surface area contributed by atoms with Crippen LogP contribution in [0.4, 0.5) is 5.69 Å². The summed E-state index contributed by atoms with van der Waals surface area (Å²) in [4.78, 5) is 34.9. The topological polar surface area (TPSA) is 119 Å².